The molecule has 0 saturated heterocycles. The molecule has 0 aliphatic rings. The van der Waals surface area contributed by atoms with Gasteiger partial charge in [0.25, 0.3) is 0 Å². The van der Waals surface area contributed by atoms with E-state index in [0.717, 1.165) is 5.56 Å². The van der Waals surface area contributed by atoms with Crippen LogP contribution in [0.5, 0.6) is 5.75 Å². The van der Waals surface area contributed by atoms with E-state index in [1.807, 2.05) is 6.92 Å². The van der Waals surface area contributed by atoms with Crippen LogP contribution >= 0.6 is 0 Å². The molecule has 1 rings (SSSR count). The third kappa shape index (κ3) is 1.22. The van der Waals surface area contributed by atoms with Crippen molar-refractivity contribution in [2.45, 2.75) is 20.8 Å². The summed E-state index contributed by atoms with van der Waals surface area (Å²) in [5.74, 6) is 1.24. The summed E-state index contributed by atoms with van der Waals surface area (Å²) in [6.45, 7) is 5.31. The maximum Gasteiger partial charge on any atom is 0.342 e. The van der Waals surface area contributed by atoms with E-state index in [0.29, 0.717) is 17.1 Å². The van der Waals surface area contributed by atoms with Crippen LogP contribution in [0, 0.1) is 20.8 Å². The summed E-state index contributed by atoms with van der Waals surface area (Å²) < 4.78 is 10.0. The Labute approximate surface area is 71.0 Å². The van der Waals surface area contributed by atoms with Crippen LogP contribution in [0.2, 0.25) is 0 Å². The Balaban J connectivity index is 3.53. The minimum Gasteiger partial charge on any atom is -0.496 e. The smallest absolute Gasteiger partial charge is 0.342 e. The molecule has 0 saturated carbocycles. The van der Waals surface area contributed by atoms with Crippen molar-refractivity contribution < 1.29 is 9.15 Å². The second kappa shape index (κ2) is 3.01. The minimum absolute atomic E-state index is 0.324. The normalized spacial score (nSPS) is 10.0. The first-order valence-corrected chi connectivity index (χ1v) is 3.72. The van der Waals surface area contributed by atoms with Gasteiger partial charge < -0.3 is 9.15 Å². The fourth-order valence-corrected chi connectivity index (χ4v) is 1.13. The quantitative estimate of drug-likeness (QED) is 0.639. The molecule has 1 aromatic rings. The van der Waals surface area contributed by atoms with E-state index in [4.69, 9.17) is 9.15 Å². The molecule has 0 spiro atoms. The molecule has 3 nitrogen and oxygen atoms in total. The summed E-state index contributed by atoms with van der Waals surface area (Å²) in [6, 6.07) is 0. The van der Waals surface area contributed by atoms with Crippen LogP contribution in [-0.2, 0) is 0 Å². The Morgan fingerprint density at radius 1 is 1.17 bits per heavy atom. The van der Waals surface area contributed by atoms with Gasteiger partial charge in [0.15, 0.2) is 0 Å². The standard InChI is InChI=1S/C9H12O3/c1-5-7(3)12-9(10)6(2)8(5)11-4/h1-4H3. The van der Waals surface area contributed by atoms with Gasteiger partial charge in [-0.15, -0.1) is 0 Å². The van der Waals surface area contributed by atoms with Crippen molar-refractivity contribution in [1.29, 1.82) is 0 Å². The second-order valence-corrected chi connectivity index (χ2v) is 2.73. The van der Waals surface area contributed by atoms with Crippen molar-refractivity contribution in [2.75, 3.05) is 7.11 Å². The Morgan fingerprint density at radius 2 is 1.75 bits per heavy atom. The molecular formula is C9H12O3. The monoisotopic (exact) mass is 168 g/mol. The lowest BCUT2D eigenvalue weighted by molar-refractivity contribution is 0.386. The molecule has 3 heteroatoms. The molecule has 12 heavy (non-hydrogen) atoms. The Morgan fingerprint density at radius 3 is 2.25 bits per heavy atom. The van der Waals surface area contributed by atoms with Gasteiger partial charge in [-0.2, -0.15) is 0 Å². The van der Waals surface area contributed by atoms with E-state index >= 15 is 0 Å². The first kappa shape index (κ1) is 8.84. The summed E-state index contributed by atoms with van der Waals surface area (Å²) in [7, 11) is 1.55. The van der Waals surface area contributed by atoms with E-state index < -0.39 is 0 Å². The van der Waals surface area contributed by atoms with Crippen molar-refractivity contribution in [3.8, 4) is 5.75 Å². The van der Waals surface area contributed by atoms with Crippen molar-refractivity contribution >= 4 is 0 Å². The van der Waals surface area contributed by atoms with Crippen molar-refractivity contribution in [1.82, 2.24) is 0 Å². The topological polar surface area (TPSA) is 39.4 Å². The van der Waals surface area contributed by atoms with Crippen LogP contribution < -0.4 is 10.4 Å². The molecule has 66 valence electrons. The second-order valence-electron chi connectivity index (χ2n) is 2.73. The predicted molar refractivity (Wildman–Crippen MR) is 45.7 cm³/mol. The summed E-state index contributed by atoms with van der Waals surface area (Å²) in [5, 5.41) is 0. The zero-order chi connectivity index (χ0) is 9.30. The summed E-state index contributed by atoms with van der Waals surface area (Å²) in [4.78, 5) is 11.1. The molecule has 1 heterocycles. The Hall–Kier alpha value is -1.25. The third-order valence-electron chi connectivity index (χ3n) is 1.97. The highest BCUT2D eigenvalue weighted by Gasteiger charge is 2.10. The lowest BCUT2D eigenvalue weighted by atomic mass is 10.2. The van der Waals surface area contributed by atoms with E-state index in [1.54, 1.807) is 21.0 Å². The van der Waals surface area contributed by atoms with Crippen LogP contribution in [0.1, 0.15) is 16.9 Å². The van der Waals surface area contributed by atoms with E-state index in [-0.39, 0.29) is 5.63 Å². The molecule has 0 aromatic carbocycles. The molecule has 0 atom stereocenters. The maximum absolute atomic E-state index is 11.1. The highest BCUT2D eigenvalue weighted by atomic mass is 16.5. The molecule has 0 fully saturated rings. The van der Waals surface area contributed by atoms with Gasteiger partial charge in [-0.3, -0.25) is 0 Å². The SMILES string of the molecule is COc1c(C)c(C)oc(=O)c1C. The fraction of sp³-hybridized carbons (Fsp3) is 0.444. The van der Waals surface area contributed by atoms with Crippen LogP contribution in [0.3, 0.4) is 0 Å². The van der Waals surface area contributed by atoms with Gasteiger partial charge in [-0.25, -0.2) is 4.79 Å². The minimum atomic E-state index is -0.324. The molecule has 0 aliphatic carbocycles. The number of rotatable bonds is 1. The highest BCUT2D eigenvalue weighted by molar-refractivity contribution is 5.38. The van der Waals surface area contributed by atoms with E-state index in [1.165, 1.54) is 0 Å². The van der Waals surface area contributed by atoms with Crippen molar-refractivity contribution in [3.63, 3.8) is 0 Å². The van der Waals surface area contributed by atoms with Crippen LogP contribution in [-0.4, -0.2) is 7.11 Å². The maximum atomic E-state index is 11.1. The lowest BCUT2D eigenvalue weighted by Gasteiger charge is -2.07. The Bertz CT molecular complexity index is 350. The zero-order valence-electron chi connectivity index (χ0n) is 7.72. The molecule has 0 aliphatic heterocycles. The van der Waals surface area contributed by atoms with Gasteiger partial charge >= 0.3 is 5.63 Å². The van der Waals surface area contributed by atoms with Gasteiger partial charge in [0, 0.05) is 5.56 Å². The van der Waals surface area contributed by atoms with Gasteiger partial charge in [0.05, 0.1) is 12.7 Å². The number of methoxy groups -OCH3 is 1. The van der Waals surface area contributed by atoms with Gasteiger partial charge in [0.2, 0.25) is 0 Å². The van der Waals surface area contributed by atoms with Gasteiger partial charge in [-0.1, -0.05) is 0 Å². The molecule has 0 amide bonds. The average Bonchev–Trinajstić information content (AvgIpc) is 2.02. The largest absolute Gasteiger partial charge is 0.496 e. The van der Waals surface area contributed by atoms with E-state index in [2.05, 4.69) is 0 Å². The average molecular weight is 168 g/mol. The number of hydrogen-bond acceptors (Lipinski definition) is 3. The van der Waals surface area contributed by atoms with Crippen molar-refractivity contribution in [2.24, 2.45) is 0 Å². The first-order chi connectivity index (χ1) is 5.57. The van der Waals surface area contributed by atoms with Gasteiger partial charge in [0.1, 0.15) is 11.5 Å². The number of ether oxygens (including phenoxy) is 1. The van der Waals surface area contributed by atoms with E-state index in [9.17, 15) is 4.79 Å². The number of aryl methyl sites for hydroxylation is 1. The first-order valence-electron chi connectivity index (χ1n) is 3.72. The summed E-state index contributed by atoms with van der Waals surface area (Å²) >= 11 is 0. The molecular weight excluding hydrogens is 156 g/mol. The van der Waals surface area contributed by atoms with Crippen LogP contribution in [0.4, 0.5) is 0 Å². The van der Waals surface area contributed by atoms with Gasteiger partial charge in [-0.05, 0) is 20.8 Å². The van der Waals surface area contributed by atoms with Crippen LogP contribution in [0.25, 0.3) is 0 Å². The zero-order valence-corrected chi connectivity index (χ0v) is 7.72. The lowest BCUT2D eigenvalue weighted by Crippen LogP contribution is -2.08. The summed E-state index contributed by atoms with van der Waals surface area (Å²) in [6.07, 6.45) is 0. The molecule has 1 aromatic heterocycles. The molecule has 0 radical (unpaired) electrons. The predicted octanol–water partition coefficient (Wildman–Crippen LogP) is 1.57. The fourth-order valence-electron chi connectivity index (χ4n) is 1.13. The molecule has 0 unspecified atom stereocenters. The molecule has 0 N–H and O–H groups in total. The third-order valence-corrected chi connectivity index (χ3v) is 1.97. The highest BCUT2D eigenvalue weighted by Crippen LogP contribution is 2.21. The van der Waals surface area contributed by atoms with Crippen molar-refractivity contribution in [3.05, 3.63) is 27.3 Å². The Kier molecular flexibility index (Phi) is 2.22. The van der Waals surface area contributed by atoms with Crippen LogP contribution in [0.15, 0.2) is 9.21 Å². The number of hydrogen-bond donors (Lipinski definition) is 0. The summed E-state index contributed by atoms with van der Waals surface area (Å²) in [5.41, 5.74) is 1.09. The molecule has 0 bridgehead atoms.